The molecule has 1 fully saturated rings. The Morgan fingerprint density at radius 1 is 1.46 bits per heavy atom. The Balaban J connectivity index is 2.08. The number of nitriles is 1. The Bertz CT molecular complexity index is 632. The van der Waals surface area contributed by atoms with E-state index in [1.54, 1.807) is 7.11 Å². The van der Waals surface area contributed by atoms with Crippen LogP contribution in [0.25, 0.3) is 0 Å². The van der Waals surface area contributed by atoms with Crippen molar-refractivity contribution >= 4 is 17.7 Å². The van der Waals surface area contributed by atoms with Crippen molar-refractivity contribution in [1.29, 1.82) is 5.26 Å². The van der Waals surface area contributed by atoms with Gasteiger partial charge in [0.25, 0.3) is 0 Å². The first kappa shape index (κ1) is 18.8. The molecule has 1 aromatic heterocycles. The van der Waals surface area contributed by atoms with Crippen molar-refractivity contribution in [2.45, 2.75) is 38.8 Å². The summed E-state index contributed by atoms with van der Waals surface area (Å²) in [6.45, 7) is 8.29. The van der Waals surface area contributed by atoms with E-state index < -0.39 is 0 Å². The molecule has 5 nitrogen and oxygen atoms in total. The van der Waals surface area contributed by atoms with Gasteiger partial charge in [-0.3, -0.25) is 4.79 Å². The molecule has 1 aliphatic rings. The maximum atomic E-state index is 12.5. The molecule has 0 N–H and O–H groups in total. The summed E-state index contributed by atoms with van der Waals surface area (Å²) in [5.74, 6) is 1.53. The highest BCUT2D eigenvalue weighted by atomic mass is 32.2. The summed E-state index contributed by atoms with van der Waals surface area (Å²) in [6, 6.07) is 4.07. The van der Waals surface area contributed by atoms with E-state index in [1.165, 1.54) is 18.2 Å². The average molecular weight is 347 g/mol. The molecule has 2 rings (SSSR count). The number of carbonyl (C=O) groups excluding carboxylic acids is 1. The van der Waals surface area contributed by atoms with Gasteiger partial charge in [0.1, 0.15) is 11.1 Å². The Morgan fingerprint density at radius 2 is 2.12 bits per heavy atom. The van der Waals surface area contributed by atoms with Gasteiger partial charge in [0.2, 0.25) is 5.91 Å². The topological polar surface area (TPSA) is 66.2 Å². The molecule has 0 unspecified atom stereocenters. The third-order valence-electron chi connectivity index (χ3n) is 4.16. The van der Waals surface area contributed by atoms with Crippen molar-refractivity contribution in [3.8, 4) is 6.07 Å². The minimum Gasteiger partial charge on any atom is -0.380 e. The van der Waals surface area contributed by atoms with Crippen LogP contribution >= 0.6 is 11.8 Å². The lowest BCUT2D eigenvalue weighted by Gasteiger charge is -2.35. The van der Waals surface area contributed by atoms with Crippen molar-refractivity contribution in [3.63, 3.8) is 0 Å². The summed E-state index contributed by atoms with van der Waals surface area (Å²) >= 11 is 1.35. The van der Waals surface area contributed by atoms with Crippen LogP contribution in [0.4, 0.5) is 0 Å². The number of nitrogens with zero attached hydrogens (tertiary/aromatic N) is 3. The molecule has 0 bridgehead atoms. The minimum absolute atomic E-state index is 0.124. The van der Waals surface area contributed by atoms with Crippen LogP contribution in [0.15, 0.2) is 11.1 Å². The molecule has 1 aromatic rings. The average Bonchev–Trinajstić information content (AvgIpc) is 2.51. The number of hydrogen-bond donors (Lipinski definition) is 0. The van der Waals surface area contributed by atoms with E-state index in [4.69, 9.17) is 4.74 Å². The predicted octanol–water partition coefficient (Wildman–Crippen LogP) is 3.00. The summed E-state index contributed by atoms with van der Waals surface area (Å²) in [6.07, 6.45) is 1.18. The lowest BCUT2D eigenvalue weighted by molar-refractivity contribution is -0.130. The number of ether oxygens (including phenoxy) is 1. The predicted molar refractivity (Wildman–Crippen MR) is 94.7 cm³/mol. The van der Waals surface area contributed by atoms with Crippen LogP contribution in [-0.2, 0) is 16.1 Å². The molecule has 1 aliphatic heterocycles. The van der Waals surface area contributed by atoms with Crippen LogP contribution in [0.1, 0.15) is 37.1 Å². The summed E-state index contributed by atoms with van der Waals surface area (Å²) in [4.78, 5) is 18.9. The summed E-state index contributed by atoms with van der Waals surface area (Å²) in [7, 11) is 1.60. The van der Waals surface area contributed by atoms with E-state index in [0.29, 0.717) is 34.8 Å². The first-order valence-electron chi connectivity index (χ1n) is 8.24. The van der Waals surface area contributed by atoms with Crippen LogP contribution in [0, 0.1) is 30.1 Å². The number of carbonyl (C=O) groups is 1. The van der Waals surface area contributed by atoms with Crippen molar-refractivity contribution in [1.82, 2.24) is 9.88 Å². The van der Waals surface area contributed by atoms with Crippen molar-refractivity contribution in [2.24, 2.45) is 11.8 Å². The number of thioether (sulfide) groups is 1. The summed E-state index contributed by atoms with van der Waals surface area (Å²) in [5.41, 5.74) is 2.17. The fourth-order valence-corrected chi connectivity index (χ4v) is 4.26. The maximum absolute atomic E-state index is 12.5. The van der Waals surface area contributed by atoms with Crippen LogP contribution in [-0.4, -0.2) is 41.7 Å². The van der Waals surface area contributed by atoms with Gasteiger partial charge in [-0.2, -0.15) is 5.26 Å². The van der Waals surface area contributed by atoms with Crippen molar-refractivity contribution in [2.75, 3.05) is 26.0 Å². The SMILES string of the molecule is COCc1cc(C)nc(SCC(=O)N2C[C@H](C)C[C@H](C)C2)c1C#N. The number of aryl methyl sites for hydroxylation is 1. The highest BCUT2D eigenvalue weighted by Crippen LogP contribution is 2.26. The van der Waals surface area contributed by atoms with E-state index in [2.05, 4.69) is 24.9 Å². The zero-order chi connectivity index (χ0) is 17.7. The number of hydrogen-bond acceptors (Lipinski definition) is 5. The van der Waals surface area contributed by atoms with Crippen LogP contribution < -0.4 is 0 Å². The molecule has 2 heterocycles. The number of pyridine rings is 1. The maximum Gasteiger partial charge on any atom is 0.233 e. The first-order chi connectivity index (χ1) is 11.4. The molecule has 1 amide bonds. The molecule has 0 aromatic carbocycles. The monoisotopic (exact) mass is 347 g/mol. The lowest BCUT2D eigenvalue weighted by atomic mass is 9.92. The molecule has 24 heavy (non-hydrogen) atoms. The second-order valence-corrected chi connectivity index (χ2v) is 7.65. The van der Waals surface area contributed by atoms with E-state index in [-0.39, 0.29) is 5.91 Å². The van der Waals surface area contributed by atoms with Crippen LogP contribution in [0.2, 0.25) is 0 Å². The molecular formula is C18H25N3O2S. The Morgan fingerprint density at radius 3 is 2.71 bits per heavy atom. The van der Waals surface area contributed by atoms with Gasteiger partial charge in [0.05, 0.1) is 17.9 Å². The van der Waals surface area contributed by atoms with Gasteiger partial charge in [-0.25, -0.2) is 4.98 Å². The van der Waals surface area contributed by atoms with Gasteiger partial charge in [-0.15, -0.1) is 0 Å². The zero-order valence-electron chi connectivity index (χ0n) is 14.8. The van der Waals surface area contributed by atoms with E-state index in [9.17, 15) is 10.1 Å². The van der Waals surface area contributed by atoms with E-state index in [0.717, 1.165) is 24.3 Å². The van der Waals surface area contributed by atoms with Crippen LogP contribution in [0.5, 0.6) is 0 Å². The van der Waals surface area contributed by atoms with Gasteiger partial charge in [0.15, 0.2) is 0 Å². The first-order valence-corrected chi connectivity index (χ1v) is 9.23. The quantitative estimate of drug-likeness (QED) is 0.766. The molecular weight excluding hydrogens is 322 g/mol. The second-order valence-electron chi connectivity index (χ2n) is 6.68. The standard InChI is InChI=1S/C18H25N3O2S/c1-12-5-13(2)9-21(8-12)17(22)11-24-18-16(7-19)15(10-23-4)6-14(3)20-18/h6,12-13H,5,8-11H2,1-4H3/t12-,13+. The molecule has 2 atom stereocenters. The van der Waals surface area contributed by atoms with Gasteiger partial charge in [-0.1, -0.05) is 25.6 Å². The third kappa shape index (κ3) is 4.71. The normalized spacial score (nSPS) is 20.7. The molecule has 0 aliphatic carbocycles. The summed E-state index contributed by atoms with van der Waals surface area (Å²) in [5, 5.41) is 10.1. The third-order valence-corrected chi connectivity index (χ3v) is 5.12. The number of methoxy groups -OCH3 is 1. The second kappa shape index (κ2) is 8.50. The van der Waals surface area contributed by atoms with Crippen LogP contribution in [0.3, 0.4) is 0 Å². The van der Waals surface area contributed by atoms with Crippen molar-refractivity contribution in [3.05, 3.63) is 22.9 Å². The Hall–Kier alpha value is -1.58. The van der Waals surface area contributed by atoms with Crippen molar-refractivity contribution < 1.29 is 9.53 Å². The highest BCUT2D eigenvalue weighted by Gasteiger charge is 2.25. The van der Waals surface area contributed by atoms with E-state index >= 15 is 0 Å². The molecule has 0 radical (unpaired) electrons. The number of piperidine rings is 1. The van der Waals surface area contributed by atoms with Gasteiger partial charge < -0.3 is 9.64 Å². The van der Waals surface area contributed by atoms with Gasteiger partial charge in [-0.05, 0) is 36.8 Å². The van der Waals surface area contributed by atoms with Gasteiger partial charge >= 0.3 is 0 Å². The highest BCUT2D eigenvalue weighted by molar-refractivity contribution is 8.00. The molecule has 130 valence electrons. The van der Waals surface area contributed by atoms with E-state index in [1.807, 2.05) is 17.9 Å². The molecule has 0 spiro atoms. The molecule has 0 saturated carbocycles. The Kier molecular flexibility index (Phi) is 6.64. The smallest absolute Gasteiger partial charge is 0.233 e. The fraction of sp³-hybridized carbons (Fsp3) is 0.611. The number of rotatable bonds is 5. The fourth-order valence-electron chi connectivity index (χ4n) is 3.29. The Labute approximate surface area is 148 Å². The number of amides is 1. The lowest BCUT2D eigenvalue weighted by Crippen LogP contribution is -2.43. The number of likely N-dealkylation sites (tertiary alicyclic amines) is 1. The molecule has 6 heteroatoms. The number of aromatic nitrogens is 1. The van der Waals surface area contributed by atoms with Gasteiger partial charge in [0, 0.05) is 25.9 Å². The minimum atomic E-state index is 0.124. The largest absolute Gasteiger partial charge is 0.380 e. The zero-order valence-corrected chi connectivity index (χ0v) is 15.7. The summed E-state index contributed by atoms with van der Waals surface area (Å²) < 4.78 is 5.16. The molecule has 1 saturated heterocycles.